The third-order valence-corrected chi connectivity index (χ3v) is 7.84. The molecule has 33 heavy (non-hydrogen) atoms. The van der Waals surface area contributed by atoms with E-state index in [0.29, 0.717) is 23.6 Å². The van der Waals surface area contributed by atoms with Crippen molar-refractivity contribution in [2.24, 2.45) is 0 Å². The number of nitrogens with zero attached hydrogens (tertiary/aromatic N) is 1. The van der Waals surface area contributed by atoms with E-state index in [1.807, 2.05) is 31.2 Å². The van der Waals surface area contributed by atoms with E-state index in [1.165, 1.54) is 10.6 Å². The van der Waals surface area contributed by atoms with Crippen molar-refractivity contribution in [3.8, 4) is 5.75 Å². The normalized spacial score (nSPS) is 17.1. The highest BCUT2D eigenvalue weighted by molar-refractivity contribution is 7.92. The molecule has 180 valence electrons. The van der Waals surface area contributed by atoms with Gasteiger partial charge in [-0.25, -0.2) is 8.42 Å². The molecule has 2 aromatic rings. The van der Waals surface area contributed by atoms with Crippen LogP contribution < -0.4 is 14.4 Å². The fourth-order valence-corrected chi connectivity index (χ4v) is 5.58. The monoisotopic (exact) mass is 492 g/mol. The summed E-state index contributed by atoms with van der Waals surface area (Å²) in [7, 11) is -3.52. The summed E-state index contributed by atoms with van der Waals surface area (Å²) in [6, 6.07) is 12.9. The molecule has 3 rings (SSSR count). The number of hydrogen-bond acceptors (Lipinski definition) is 4. The average Bonchev–Trinajstić information content (AvgIpc) is 2.77. The average molecular weight is 493 g/mol. The Morgan fingerprint density at radius 3 is 2.58 bits per heavy atom. The van der Waals surface area contributed by atoms with E-state index in [0.717, 1.165) is 29.7 Å². The molecule has 0 radical (unpaired) electrons. The summed E-state index contributed by atoms with van der Waals surface area (Å²) in [4.78, 5) is 12.9. The minimum absolute atomic E-state index is 0.103. The molecule has 0 fully saturated rings. The van der Waals surface area contributed by atoms with Crippen molar-refractivity contribution in [1.82, 2.24) is 5.32 Å². The number of benzene rings is 2. The molecule has 1 aliphatic rings. The highest BCUT2D eigenvalue weighted by atomic mass is 35.5. The molecule has 1 N–H and O–H groups in total. The summed E-state index contributed by atoms with van der Waals surface area (Å²) in [6.45, 7) is 6.25. The Labute approximate surface area is 202 Å². The topological polar surface area (TPSA) is 75.7 Å². The molecule has 6 nitrogen and oxygen atoms in total. The highest BCUT2D eigenvalue weighted by Gasteiger charge is 2.38. The van der Waals surface area contributed by atoms with E-state index in [4.69, 9.17) is 16.3 Å². The number of hydrogen-bond donors (Lipinski definition) is 1. The molecular formula is C25H33ClN2O4S. The molecule has 0 saturated heterocycles. The van der Waals surface area contributed by atoms with E-state index < -0.39 is 10.0 Å². The van der Waals surface area contributed by atoms with Crippen molar-refractivity contribution in [3.05, 3.63) is 58.6 Å². The van der Waals surface area contributed by atoms with Crippen LogP contribution in [0.4, 0.5) is 5.69 Å². The molecule has 8 heteroatoms. The first kappa shape index (κ1) is 25.4. The Morgan fingerprint density at radius 2 is 1.91 bits per heavy atom. The summed E-state index contributed by atoms with van der Waals surface area (Å²) in [5.41, 5.74) is 2.03. The molecule has 1 heterocycles. The van der Waals surface area contributed by atoms with Gasteiger partial charge < -0.3 is 10.1 Å². The van der Waals surface area contributed by atoms with Gasteiger partial charge in [-0.05, 0) is 49.9 Å². The van der Waals surface area contributed by atoms with Crippen molar-refractivity contribution in [1.29, 1.82) is 0 Å². The largest absolute Gasteiger partial charge is 0.487 e. The summed E-state index contributed by atoms with van der Waals surface area (Å²) >= 11 is 6.10. The van der Waals surface area contributed by atoms with Crippen LogP contribution in [0.15, 0.2) is 42.5 Å². The third-order valence-electron chi connectivity index (χ3n) is 6.43. The Kier molecular flexibility index (Phi) is 7.96. The molecule has 0 bridgehead atoms. The van der Waals surface area contributed by atoms with Gasteiger partial charge in [0.2, 0.25) is 15.9 Å². The van der Waals surface area contributed by atoms with Crippen LogP contribution in [0.3, 0.4) is 0 Å². The Morgan fingerprint density at radius 1 is 1.21 bits per heavy atom. The van der Waals surface area contributed by atoms with E-state index >= 15 is 0 Å². The quantitative estimate of drug-likeness (QED) is 0.509. The first-order chi connectivity index (χ1) is 15.6. The number of nitrogens with one attached hydrogen (secondary N) is 1. The molecule has 1 aliphatic heterocycles. The number of aryl methyl sites for hydroxylation is 1. The standard InChI is InChI=1S/C25H33ClN2O4S/c1-5-25(6-2)17-21(20-10-7-8-11-23(20)32-25)27-24(29)12-9-15-28(33(4,30)31)22-16-19(26)14-13-18(22)3/h7-8,10-11,13-14,16,21H,5-6,9,12,15,17H2,1-4H3,(H,27,29). The van der Waals surface area contributed by atoms with Gasteiger partial charge in [-0.1, -0.05) is 49.7 Å². The van der Waals surface area contributed by atoms with Crippen molar-refractivity contribution < 1.29 is 17.9 Å². The maximum atomic E-state index is 12.9. The first-order valence-corrected chi connectivity index (χ1v) is 13.6. The number of ether oxygens (including phenoxy) is 1. The van der Waals surface area contributed by atoms with E-state index in [-0.39, 0.29) is 30.5 Å². The zero-order valence-electron chi connectivity index (χ0n) is 19.7. The predicted octanol–water partition coefficient (Wildman–Crippen LogP) is 5.39. The lowest BCUT2D eigenvalue weighted by atomic mass is 9.83. The van der Waals surface area contributed by atoms with E-state index in [2.05, 4.69) is 19.2 Å². The lowest BCUT2D eigenvalue weighted by Crippen LogP contribution is -2.44. The molecule has 0 aromatic heterocycles. The van der Waals surface area contributed by atoms with Crippen molar-refractivity contribution in [2.45, 2.75) is 64.5 Å². The van der Waals surface area contributed by atoms with E-state index in [1.54, 1.807) is 18.2 Å². The van der Waals surface area contributed by atoms with Gasteiger partial charge in [-0.2, -0.15) is 0 Å². The smallest absolute Gasteiger partial charge is 0.232 e. The highest BCUT2D eigenvalue weighted by Crippen LogP contribution is 2.42. The van der Waals surface area contributed by atoms with Gasteiger partial charge in [0.1, 0.15) is 11.4 Å². The van der Waals surface area contributed by atoms with Gasteiger partial charge in [-0.15, -0.1) is 0 Å². The zero-order chi connectivity index (χ0) is 24.2. The van der Waals surface area contributed by atoms with Crippen LogP contribution in [0.25, 0.3) is 0 Å². The van der Waals surface area contributed by atoms with Gasteiger partial charge >= 0.3 is 0 Å². The number of carbonyl (C=O) groups excluding carboxylic acids is 1. The predicted molar refractivity (Wildman–Crippen MR) is 133 cm³/mol. The number of amides is 1. The van der Waals surface area contributed by atoms with Crippen LogP contribution in [0.2, 0.25) is 5.02 Å². The molecule has 1 amide bonds. The fraction of sp³-hybridized carbons (Fsp3) is 0.480. The van der Waals surface area contributed by atoms with Gasteiger partial charge in [-0.3, -0.25) is 9.10 Å². The van der Waals surface area contributed by atoms with Gasteiger partial charge in [0, 0.05) is 30.0 Å². The van der Waals surface area contributed by atoms with Gasteiger partial charge in [0.25, 0.3) is 0 Å². The van der Waals surface area contributed by atoms with Crippen molar-refractivity contribution >= 4 is 33.2 Å². The second-order valence-corrected chi connectivity index (χ2v) is 11.1. The molecule has 0 spiro atoms. The number of para-hydroxylation sites is 1. The van der Waals surface area contributed by atoms with Crippen molar-refractivity contribution in [2.75, 3.05) is 17.1 Å². The second kappa shape index (κ2) is 10.3. The van der Waals surface area contributed by atoms with Gasteiger partial charge in [0.05, 0.1) is 18.0 Å². The number of carbonyl (C=O) groups is 1. The summed E-state index contributed by atoms with van der Waals surface area (Å²) in [5, 5.41) is 3.63. The van der Waals surface area contributed by atoms with Gasteiger partial charge in [0.15, 0.2) is 0 Å². The summed E-state index contributed by atoms with van der Waals surface area (Å²) in [5.74, 6) is 0.714. The minimum Gasteiger partial charge on any atom is -0.487 e. The molecule has 0 saturated carbocycles. The fourth-order valence-electron chi connectivity index (χ4n) is 4.40. The Balaban J connectivity index is 1.69. The van der Waals surface area contributed by atoms with Crippen LogP contribution in [0.5, 0.6) is 5.75 Å². The van der Waals surface area contributed by atoms with E-state index in [9.17, 15) is 13.2 Å². The SMILES string of the molecule is CCC1(CC)CC(NC(=O)CCCN(c2cc(Cl)ccc2C)S(C)(=O)=O)c2ccccc2O1. The molecular weight excluding hydrogens is 460 g/mol. The number of anilines is 1. The molecule has 0 aliphatic carbocycles. The minimum atomic E-state index is -3.52. The number of rotatable bonds is 9. The maximum absolute atomic E-state index is 12.9. The Bertz CT molecular complexity index is 1100. The summed E-state index contributed by atoms with van der Waals surface area (Å²) < 4.78 is 32.5. The lowest BCUT2D eigenvalue weighted by molar-refractivity contribution is -0.122. The maximum Gasteiger partial charge on any atom is 0.232 e. The molecule has 1 unspecified atom stereocenters. The summed E-state index contributed by atoms with van der Waals surface area (Å²) in [6.07, 6.45) is 4.19. The Hall–Kier alpha value is -2.25. The number of fused-ring (bicyclic) bond motifs is 1. The lowest BCUT2D eigenvalue weighted by Gasteiger charge is -2.41. The third kappa shape index (κ3) is 6.01. The van der Waals surface area contributed by atoms with Crippen molar-refractivity contribution in [3.63, 3.8) is 0 Å². The second-order valence-electron chi connectivity index (χ2n) is 8.72. The number of sulfonamides is 1. The first-order valence-electron chi connectivity index (χ1n) is 11.4. The van der Waals surface area contributed by atoms with Crippen LogP contribution in [0, 0.1) is 6.92 Å². The zero-order valence-corrected chi connectivity index (χ0v) is 21.3. The molecule has 1 atom stereocenters. The van der Waals surface area contributed by atoms with Crippen LogP contribution in [-0.4, -0.2) is 32.7 Å². The van der Waals surface area contributed by atoms with Crippen LogP contribution in [0.1, 0.15) is 63.1 Å². The molecule has 2 aromatic carbocycles. The number of halogens is 1. The van der Waals surface area contributed by atoms with Crippen LogP contribution in [-0.2, 0) is 14.8 Å². The van der Waals surface area contributed by atoms with Crippen LogP contribution >= 0.6 is 11.6 Å².